The van der Waals surface area contributed by atoms with Gasteiger partial charge in [0.25, 0.3) is 0 Å². The molecule has 0 saturated carbocycles. The Morgan fingerprint density at radius 1 is 1.06 bits per heavy atom. The smallest absolute Gasteiger partial charge is 0.248 e. The van der Waals surface area contributed by atoms with Crippen LogP contribution in [0.3, 0.4) is 0 Å². The van der Waals surface area contributed by atoms with Crippen LogP contribution < -0.4 is 10.3 Å². The Hall–Kier alpha value is -3.55. The average molecular weight is 459 g/mol. The van der Waals surface area contributed by atoms with Crippen molar-refractivity contribution in [3.05, 3.63) is 53.6 Å². The summed E-state index contributed by atoms with van der Waals surface area (Å²) in [7, 11) is 0. The molecular weight excluding hydrogens is 424 g/mol. The molecule has 0 bridgehead atoms. The lowest BCUT2D eigenvalue weighted by atomic mass is 10.1. The van der Waals surface area contributed by atoms with Crippen LogP contribution in [0.15, 0.2) is 52.3 Å². The summed E-state index contributed by atoms with van der Waals surface area (Å²) in [5, 5.41) is 5.55. The van der Waals surface area contributed by atoms with E-state index in [4.69, 9.17) is 4.98 Å². The molecule has 34 heavy (non-hydrogen) atoms. The summed E-state index contributed by atoms with van der Waals surface area (Å²) in [6.45, 7) is 6.18. The molecule has 1 aliphatic rings. The summed E-state index contributed by atoms with van der Waals surface area (Å²) in [6.07, 6.45) is 14.8. The number of aromatic nitrogens is 4. The largest absolute Gasteiger partial charge is 0.361 e. The van der Waals surface area contributed by atoms with Crippen LogP contribution in [0, 0.1) is 0 Å². The van der Waals surface area contributed by atoms with Crippen LogP contribution in [0.5, 0.6) is 0 Å². The Bertz CT molecular complexity index is 1150. The van der Waals surface area contributed by atoms with Gasteiger partial charge in [-0.05, 0) is 44.6 Å². The Labute approximate surface area is 201 Å². The first-order chi connectivity index (χ1) is 16.8. The number of allylic oxidation sites excluding steroid dienone is 2. The first kappa shape index (κ1) is 23.6. The van der Waals surface area contributed by atoms with Crippen LogP contribution >= 0.6 is 0 Å². The topological polar surface area (TPSA) is 94.5 Å². The molecule has 0 aliphatic carbocycles. The summed E-state index contributed by atoms with van der Waals surface area (Å²) < 4.78 is 0. The van der Waals surface area contributed by atoms with E-state index in [0.29, 0.717) is 11.9 Å². The minimum Gasteiger partial charge on any atom is -0.361 e. The van der Waals surface area contributed by atoms with Gasteiger partial charge in [-0.2, -0.15) is 20.1 Å². The molecule has 2 aromatic heterocycles. The van der Waals surface area contributed by atoms with Crippen LogP contribution in [0.4, 0.5) is 11.9 Å². The molecule has 0 spiro atoms. The number of nitrogens with one attached hydrogen (secondary N) is 2. The lowest BCUT2D eigenvalue weighted by Crippen LogP contribution is -2.28. The molecule has 3 heterocycles. The van der Waals surface area contributed by atoms with Crippen molar-refractivity contribution in [2.24, 2.45) is 10.1 Å². The van der Waals surface area contributed by atoms with Gasteiger partial charge in [-0.1, -0.05) is 38.1 Å². The Kier molecular flexibility index (Phi) is 8.38. The third kappa shape index (κ3) is 6.27. The molecule has 178 valence electrons. The maximum Gasteiger partial charge on any atom is 0.248 e. The highest BCUT2D eigenvalue weighted by molar-refractivity contribution is 5.99. The fraction of sp³-hybridized carbons (Fsp3) is 0.423. The van der Waals surface area contributed by atoms with Crippen molar-refractivity contribution < 1.29 is 0 Å². The molecule has 8 heteroatoms. The SMILES string of the molecule is CCCN(CCC)c1nc(CCCC2=CCCC=N2)nc(N/N=C/c2c[nH]c3ccccc23)n1. The van der Waals surface area contributed by atoms with Crippen LogP contribution in [0.1, 0.15) is 63.8 Å². The zero-order valence-electron chi connectivity index (χ0n) is 20.2. The van der Waals surface area contributed by atoms with E-state index in [-0.39, 0.29) is 0 Å². The van der Waals surface area contributed by atoms with Crippen molar-refractivity contribution in [2.75, 3.05) is 23.4 Å². The standard InChI is InChI=1S/C26H34N8/c1-3-16-34(17-4-2)26-31-24(14-9-11-21-10-7-8-15-27-21)30-25(32-26)33-29-19-20-18-28-23-13-6-5-12-22(20)23/h5-6,10,12-13,15,18-19,28H,3-4,7-9,11,14,16-17H2,1-2H3,(H,30,31,32,33)/b29-19+. The summed E-state index contributed by atoms with van der Waals surface area (Å²) in [4.78, 5) is 24.1. The normalized spacial score (nSPS) is 13.5. The number of benzene rings is 1. The van der Waals surface area contributed by atoms with Crippen molar-refractivity contribution in [3.8, 4) is 0 Å². The van der Waals surface area contributed by atoms with E-state index >= 15 is 0 Å². The molecule has 4 rings (SSSR count). The number of aryl methyl sites for hydroxylation is 1. The van der Waals surface area contributed by atoms with E-state index in [1.807, 2.05) is 24.5 Å². The van der Waals surface area contributed by atoms with Gasteiger partial charge in [-0.15, -0.1) is 0 Å². The molecule has 1 aromatic carbocycles. The van der Waals surface area contributed by atoms with Gasteiger partial charge in [0, 0.05) is 54.1 Å². The van der Waals surface area contributed by atoms with E-state index in [0.717, 1.165) is 80.3 Å². The predicted molar refractivity (Wildman–Crippen MR) is 141 cm³/mol. The Morgan fingerprint density at radius 3 is 2.71 bits per heavy atom. The van der Waals surface area contributed by atoms with Crippen molar-refractivity contribution in [1.82, 2.24) is 19.9 Å². The second-order valence-corrected chi connectivity index (χ2v) is 8.46. The summed E-state index contributed by atoms with van der Waals surface area (Å²) >= 11 is 0. The van der Waals surface area contributed by atoms with Gasteiger partial charge < -0.3 is 9.88 Å². The van der Waals surface area contributed by atoms with E-state index in [1.54, 1.807) is 6.21 Å². The summed E-state index contributed by atoms with van der Waals surface area (Å²) in [5.74, 6) is 1.98. The molecular formula is C26H34N8. The van der Waals surface area contributed by atoms with E-state index in [2.05, 4.69) is 67.4 Å². The minimum atomic E-state index is 0.475. The number of hydrogen-bond donors (Lipinski definition) is 2. The van der Waals surface area contributed by atoms with Crippen LogP contribution in [0.2, 0.25) is 0 Å². The highest BCUT2D eigenvalue weighted by atomic mass is 15.4. The first-order valence-corrected chi connectivity index (χ1v) is 12.3. The number of fused-ring (bicyclic) bond motifs is 1. The zero-order chi connectivity index (χ0) is 23.6. The molecule has 0 saturated heterocycles. The van der Waals surface area contributed by atoms with E-state index < -0.39 is 0 Å². The van der Waals surface area contributed by atoms with Crippen LogP contribution in [-0.4, -0.2) is 45.5 Å². The number of hydrazone groups is 1. The average Bonchev–Trinajstić information content (AvgIpc) is 3.28. The quantitative estimate of drug-likeness (QED) is 0.276. The molecule has 0 amide bonds. The molecule has 2 N–H and O–H groups in total. The van der Waals surface area contributed by atoms with E-state index in [9.17, 15) is 0 Å². The molecule has 8 nitrogen and oxygen atoms in total. The number of nitrogens with zero attached hydrogens (tertiary/aromatic N) is 6. The molecule has 0 atom stereocenters. The van der Waals surface area contributed by atoms with Gasteiger partial charge in [-0.3, -0.25) is 4.99 Å². The van der Waals surface area contributed by atoms with Gasteiger partial charge in [0.1, 0.15) is 5.82 Å². The number of aliphatic imine (C=N–C) groups is 1. The third-order valence-electron chi connectivity index (χ3n) is 5.70. The number of H-pyrrole nitrogens is 1. The van der Waals surface area contributed by atoms with E-state index in [1.165, 1.54) is 5.70 Å². The maximum absolute atomic E-state index is 4.80. The van der Waals surface area contributed by atoms with Gasteiger partial charge in [0.05, 0.1) is 6.21 Å². The number of aromatic amines is 1. The summed E-state index contributed by atoms with van der Waals surface area (Å²) in [5.41, 5.74) is 6.30. The van der Waals surface area contributed by atoms with Crippen LogP contribution in [0.25, 0.3) is 10.9 Å². The Morgan fingerprint density at radius 2 is 1.91 bits per heavy atom. The highest BCUT2D eigenvalue weighted by Gasteiger charge is 2.13. The number of hydrogen-bond acceptors (Lipinski definition) is 7. The molecule has 0 unspecified atom stereocenters. The highest BCUT2D eigenvalue weighted by Crippen LogP contribution is 2.18. The number of para-hydroxylation sites is 1. The monoisotopic (exact) mass is 458 g/mol. The molecule has 0 radical (unpaired) electrons. The lowest BCUT2D eigenvalue weighted by Gasteiger charge is -2.22. The van der Waals surface area contributed by atoms with Gasteiger partial charge in [-0.25, -0.2) is 5.43 Å². The first-order valence-electron chi connectivity index (χ1n) is 12.3. The zero-order valence-corrected chi connectivity index (χ0v) is 20.2. The molecule has 3 aromatic rings. The third-order valence-corrected chi connectivity index (χ3v) is 5.70. The van der Waals surface area contributed by atoms with Crippen molar-refractivity contribution in [2.45, 2.75) is 58.8 Å². The fourth-order valence-corrected chi connectivity index (χ4v) is 4.08. The molecule has 0 fully saturated rings. The maximum atomic E-state index is 4.80. The van der Waals surface area contributed by atoms with Gasteiger partial charge in [0.15, 0.2) is 0 Å². The Balaban J connectivity index is 1.50. The van der Waals surface area contributed by atoms with Crippen molar-refractivity contribution in [3.63, 3.8) is 0 Å². The fourth-order valence-electron chi connectivity index (χ4n) is 4.08. The summed E-state index contributed by atoms with van der Waals surface area (Å²) in [6, 6.07) is 8.17. The lowest BCUT2D eigenvalue weighted by molar-refractivity contribution is 0.698. The number of rotatable bonds is 12. The predicted octanol–water partition coefficient (Wildman–Crippen LogP) is 5.50. The van der Waals surface area contributed by atoms with Crippen molar-refractivity contribution in [1.29, 1.82) is 0 Å². The van der Waals surface area contributed by atoms with Crippen LogP contribution in [-0.2, 0) is 6.42 Å². The number of anilines is 2. The van der Waals surface area contributed by atoms with Gasteiger partial charge in [0.2, 0.25) is 11.9 Å². The van der Waals surface area contributed by atoms with Crippen molar-refractivity contribution >= 4 is 35.2 Å². The minimum absolute atomic E-state index is 0.475. The second-order valence-electron chi connectivity index (χ2n) is 8.46. The molecule has 1 aliphatic heterocycles. The second kappa shape index (κ2) is 12.1. The van der Waals surface area contributed by atoms with Gasteiger partial charge >= 0.3 is 0 Å².